The van der Waals surface area contributed by atoms with Gasteiger partial charge in [-0.25, -0.2) is 4.79 Å². The molecule has 0 radical (unpaired) electrons. The molecule has 2 N–H and O–H groups in total. The summed E-state index contributed by atoms with van der Waals surface area (Å²) in [7, 11) is -2.41. The molecule has 1 unspecified atom stereocenters. The number of para-hydroxylation sites is 1. The molecule has 164 valence electrons. The van der Waals surface area contributed by atoms with E-state index in [1.807, 2.05) is 44.2 Å². The van der Waals surface area contributed by atoms with Crippen molar-refractivity contribution >= 4 is 34.3 Å². The standard InChI is InChI=1S/C21H28N3O4S.ClH/c1-16-14-24(15-17(2)23-16,20-7-5-4-6-8-20)29(26,27)22-13-18-9-11-19(12-10-18)21(25)28-3;/h4-12,16-17,22-23H,13-15H2,1-3H3;1H/q+1;/t16-,17+,24?;. The van der Waals surface area contributed by atoms with Gasteiger partial charge in [-0.3, -0.25) is 0 Å². The van der Waals surface area contributed by atoms with Crippen molar-refractivity contribution in [2.75, 3.05) is 20.2 Å². The number of nitrogens with one attached hydrogen (secondary N) is 2. The van der Waals surface area contributed by atoms with Gasteiger partial charge >= 0.3 is 16.2 Å². The van der Waals surface area contributed by atoms with Crippen molar-refractivity contribution in [3.63, 3.8) is 0 Å². The van der Waals surface area contributed by atoms with Gasteiger partial charge in [-0.1, -0.05) is 30.3 Å². The molecular formula is C21H29ClN3O4S+. The third kappa shape index (κ3) is 5.01. The van der Waals surface area contributed by atoms with Crippen LogP contribution in [0.5, 0.6) is 0 Å². The minimum atomic E-state index is -3.74. The van der Waals surface area contributed by atoms with E-state index in [0.29, 0.717) is 18.7 Å². The predicted molar refractivity (Wildman–Crippen MR) is 121 cm³/mol. The van der Waals surface area contributed by atoms with Crippen LogP contribution < -0.4 is 13.9 Å². The normalized spacial score (nSPS) is 24.0. The van der Waals surface area contributed by atoms with E-state index in [0.717, 1.165) is 11.3 Å². The van der Waals surface area contributed by atoms with E-state index >= 15 is 0 Å². The summed E-state index contributed by atoms with van der Waals surface area (Å²) in [6.07, 6.45) is 0. The Bertz CT molecular complexity index is 942. The maximum absolute atomic E-state index is 13.6. The van der Waals surface area contributed by atoms with Gasteiger partial charge in [0.1, 0.15) is 18.8 Å². The van der Waals surface area contributed by atoms with Crippen LogP contribution in [0.2, 0.25) is 0 Å². The van der Waals surface area contributed by atoms with Gasteiger partial charge in [0.25, 0.3) is 0 Å². The number of piperazine rings is 1. The zero-order valence-electron chi connectivity index (χ0n) is 17.4. The number of carbonyl (C=O) groups is 1. The van der Waals surface area contributed by atoms with Crippen molar-refractivity contribution in [2.45, 2.75) is 32.5 Å². The summed E-state index contributed by atoms with van der Waals surface area (Å²) >= 11 is 0. The molecule has 1 saturated heterocycles. The fraction of sp³-hybridized carbons (Fsp3) is 0.381. The molecule has 2 aromatic carbocycles. The fourth-order valence-corrected chi connectivity index (χ4v) is 5.81. The number of hydrogen-bond acceptors (Lipinski definition) is 5. The molecule has 0 spiro atoms. The minimum absolute atomic E-state index is 0. The summed E-state index contributed by atoms with van der Waals surface area (Å²) in [5.74, 6) is -0.422. The summed E-state index contributed by atoms with van der Waals surface area (Å²) in [4.78, 5) is 11.6. The summed E-state index contributed by atoms with van der Waals surface area (Å²) in [5, 5.41) is 3.42. The van der Waals surface area contributed by atoms with Crippen LogP contribution in [0.25, 0.3) is 0 Å². The van der Waals surface area contributed by atoms with Gasteiger partial charge in [-0.05, 0) is 31.5 Å². The molecule has 0 saturated carbocycles. The van der Waals surface area contributed by atoms with Crippen LogP contribution >= 0.6 is 12.4 Å². The van der Waals surface area contributed by atoms with E-state index in [1.54, 1.807) is 24.3 Å². The van der Waals surface area contributed by atoms with Crippen molar-refractivity contribution in [3.8, 4) is 0 Å². The van der Waals surface area contributed by atoms with Crippen LogP contribution in [0.15, 0.2) is 54.6 Å². The molecule has 0 aromatic heterocycles. The number of benzene rings is 2. The highest BCUT2D eigenvalue weighted by Gasteiger charge is 2.49. The monoisotopic (exact) mass is 454 g/mol. The second-order valence-electron chi connectivity index (χ2n) is 7.54. The van der Waals surface area contributed by atoms with E-state index in [2.05, 4.69) is 10.0 Å². The minimum Gasteiger partial charge on any atom is -0.465 e. The zero-order valence-corrected chi connectivity index (χ0v) is 19.0. The number of nitrogens with zero attached hydrogens (tertiary/aromatic N) is 1. The summed E-state index contributed by atoms with van der Waals surface area (Å²) < 4.78 is 34.4. The number of ether oxygens (including phenoxy) is 1. The number of rotatable bonds is 6. The van der Waals surface area contributed by atoms with Gasteiger partial charge < -0.3 is 10.1 Å². The first-order valence-corrected chi connectivity index (χ1v) is 11.1. The Labute approximate surface area is 184 Å². The van der Waals surface area contributed by atoms with E-state index in [9.17, 15) is 13.2 Å². The van der Waals surface area contributed by atoms with Gasteiger partial charge in [-0.15, -0.1) is 12.4 Å². The highest BCUT2D eigenvalue weighted by atomic mass is 35.5. The summed E-state index contributed by atoms with van der Waals surface area (Å²) in [6, 6.07) is 16.2. The van der Waals surface area contributed by atoms with Crippen molar-refractivity contribution in [1.29, 1.82) is 0 Å². The Morgan fingerprint density at radius 1 is 1.07 bits per heavy atom. The second kappa shape index (κ2) is 9.89. The Morgan fingerprint density at radius 2 is 1.63 bits per heavy atom. The van der Waals surface area contributed by atoms with Gasteiger partial charge in [0.2, 0.25) is 0 Å². The van der Waals surface area contributed by atoms with Gasteiger partial charge in [0.15, 0.2) is 0 Å². The largest absolute Gasteiger partial charge is 0.465 e. The average molecular weight is 455 g/mol. The molecule has 1 fully saturated rings. The van der Waals surface area contributed by atoms with Crippen LogP contribution in [-0.4, -0.2) is 46.7 Å². The molecule has 0 amide bonds. The number of quaternary nitrogens is 1. The van der Waals surface area contributed by atoms with E-state index in [1.165, 1.54) is 7.11 Å². The topological polar surface area (TPSA) is 84.5 Å². The molecule has 0 aliphatic carbocycles. The number of halogens is 1. The molecule has 7 nitrogen and oxygen atoms in total. The van der Waals surface area contributed by atoms with Gasteiger partial charge in [0, 0.05) is 18.7 Å². The van der Waals surface area contributed by atoms with Crippen LogP contribution in [0, 0.1) is 0 Å². The number of hydrogen-bond donors (Lipinski definition) is 2. The Kier molecular flexibility index (Phi) is 8.01. The lowest BCUT2D eigenvalue weighted by molar-refractivity contribution is 0.0600. The van der Waals surface area contributed by atoms with Crippen LogP contribution in [0.1, 0.15) is 29.8 Å². The van der Waals surface area contributed by atoms with Crippen molar-refractivity contribution in [2.24, 2.45) is 0 Å². The van der Waals surface area contributed by atoms with E-state index in [-0.39, 0.29) is 34.9 Å². The molecule has 1 heterocycles. The Hall–Kier alpha value is -1.97. The summed E-state index contributed by atoms with van der Waals surface area (Å²) in [6.45, 7) is 5.03. The lowest BCUT2D eigenvalue weighted by atomic mass is 10.1. The van der Waals surface area contributed by atoms with Crippen LogP contribution in [0.4, 0.5) is 5.69 Å². The second-order valence-corrected chi connectivity index (χ2v) is 9.48. The molecular weight excluding hydrogens is 426 g/mol. The smallest absolute Gasteiger partial charge is 0.375 e. The Balaban J connectivity index is 0.00000320. The zero-order chi connectivity index (χ0) is 21.1. The maximum atomic E-state index is 13.6. The predicted octanol–water partition coefficient (Wildman–Crippen LogP) is 2.62. The highest BCUT2D eigenvalue weighted by molar-refractivity contribution is 7.89. The number of esters is 1. The fourth-order valence-electron chi connectivity index (χ4n) is 3.97. The molecule has 3 rings (SSSR count). The van der Waals surface area contributed by atoms with Crippen molar-refractivity contribution in [3.05, 3.63) is 65.7 Å². The molecule has 30 heavy (non-hydrogen) atoms. The van der Waals surface area contributed by atoms with Crippen molar-refractivity contribution in [1.82, 2.24) is 13.9 Å². The molecule has 1 aliphatic heterocycles. The third-order valence-electron chi connectivity index (χ3n) is 5.23. The molecule has 9 heteroatoms. The molecule has 0 bridgehead atoms. The molecule has 2 aromatic rings. The number of methoxy groups -OCH3 is 1. The first-order valence-electron chi connectivity index (χ1n) is 9.63. The first-order chi connectivity index (χ1) is 13.8. The number of carbonyl (C=O) groups excluding carboxylic acids is 1. The van der Waals surface area contributed by atoms with Crippen LogP contribution in [0.3, 0.4) is 0 Å². The van der Waals surface area contributed by atoms with Crippen molar-refractivity contribution < 1.29 is 17.9 Å². The lowest BCUT2D eigenvalue weighted by Crippen LogP contribution is -2.70. The molecule has 1 aliphatic rings. The van der Waals surface area contributed by atoms with Gasteiger partial charge in [-0.2, -0.15) is 17.0 Å². The SMILES string of the molecule is COC(=O)c1ccc(CNS(=O)(=O)[N+]2(c3ccccc3)C[C@@H](C)N[C@@H](C)C2)cc1.Cl. The average Bonchev–Trinajstić information content (AvgIpc) is 2.72. The van der Waals surface area contributed by atoms with Gasteiger partial charge in [0.05, 0.1) is 24.8 Å². The lowest BCUT2D eigenvalue weighted by Gasteiger charge is -2.44. The highest BCUT2D eigenvalue weighted by Crippen LogP contribution is 2.30. The summed E-state index contributed by atoms with van der Waals surface area (Å²) in [5.41, 5.74) is 1.95. The molecule has 3 atom stereocenters. The first kappa shape index (κ1) is 24.3. The quantitative estimate of drug-likeness (QED) is 0.517. The van der Waals surface area contributed by atoms with E-state index in [4.69, 9.17) is 4.74 Å². The maximum Gasteiger partial charge on any atom is 0.375 e. The Morgan fingerprint density at radius 3 is 2.17 bits per heavy atom. The van der Waals surface area contributed by atoms with Crippen LogP contribution in [-0.2, 0) is 21.5 Å². The third-order valence-corrected chi connectivity index (χ3v) is 7.17. The van der Waals surface area contributed by atoms with E-state index < -0.39 is 16.2 Å².